The highest BCUT2D eigenvalue weighted by atomic mass is 35.5. The van der Waals surface area contributed by atoms with Gasteiger partial charge in [-0.1, -0.05) is 0 Å². The summed E-state index contributed by atoms with van der Waals surface area (Å²) in [4.78, 5) is 20.4. The first-order valence-corrected chi connectivity index (χ1v) is 6.37. The fraction of sp³-hybridized carbons (Fsp3) is 0.636. The topological polar surface area (TPSA) is 81.4 Å². The summed E-state index contributed by atoms with van der Waals surface area (Å²) < 4.78 is 5.32. The van der Waals surface area contributed by atoms with E-state index >= 15 is 0 Å². The van der Waals surface area contributed by atoms with Crippen molar-refractivity contribution >= 4 is 23.1 Å². The van der Waals surface area contributed by atoms with Gasteiger partial charge in [0.25, 0.3) is 0 Å². The van der Waals surface area contributed by atoms with Gasteiger partial charge >= 0.3 is 5.69 Å². The number of piperidine rings is 1. The molecule has 2 rings (SSSR count). The van der Waals surface area contributed by atoms with Crippen LogP contribution in [0, 0.1) is 17.0 Å². The van der Waals surface area contributed by atoms with E-state index in [4.69, 9.17) is 16.3 Å². The molecule has 0 bridgehead atoms. The van der Waals surface area contributed by atoms with Crippen LogP contribution in [0.25, 0.3) is 0 Å². The molecular formula is C11H15ClN4O3. The van der Waals surface area contributed by atoms with Gasteiger partial charge in [-0.2, -0.15) is 4.98 Å². The Bertz CT molecular complexity index is 497. The third-order valence-corrected chi connectivity index (χ3v) is 3.38. The second-order valence-electron chi connectivity index (χ2n) is 4.45. The fourth-order valence-corrected chi connectivity index (χ4v) is 2.48. The average molecular weight is 287 g/mol. The Kier molecular flexibility index (Phi) is 4.16. The zero-order valence-corrected chi connectivity index (χ0v) is 11.6. The molecule has 0 aliphatic carbocycles. The largest absolute Gasteiger partial charge is 0.380 e. The van der Waals surface area contributed by atoms with Crippen LogP contribution in [0.4, 0.5) is 11.5 Å². The number of ether oxygens (including phenoxy) is 1. The fourth-order valence-electron chi connectivity index (χ4n) is 2.28. The molecule has 2 heterocycles. The summed E-state index contributed by atoms with van der Waals surface area (Å²) in [5, 5.41) is 11.2. The van der Waals surface area contributed by atoms with Crippen molar-refractivity contribution in [2.24, 2.45) is 0 Å². The Balaban J connectivity index is 2.40. The van der Waals surface area contributed by atoms with E-state index in [1.54, 1.807) is 14.0 Å². The van der Waals surface area contributed by atoms with E-state index in [9.17, 15) is 10.1 Å². The third kappa shape index (κ3) is 2.93. The number of nitrogens with zero attached hydrogens (tertiary/aromatic N) is 4. The van der Waals surface area contributed by atoms with Crippen molar-refractivity contribution in [1.82, 2.24) is 9.97 Å². The summed E-state index contributed by atoms with van der Waals surface area (Å²) in [7, 11) is 1.64. The molecule has 1 fully saturated rings. The minimum absolute atomic E-state index is 0.0256. The number of hydrogen-bond donors (Lipinski definition) is 0. The quantitative estimate of drug-likeness (QED) is 0.480. The summed E-state index contributed by atoms with van der Waals surface area (Å²) in [5.74, 6) is 0.282. The Labute approximate surface area is 115 Å². The predicted octanol–water partition coefficient (Wildman–Crippen LogP) is 1.96. The molecule has 1 atom stereocenters. The molecule has 0 spiro atoms. The molecule has 1 aliphatic heterocycles. The van der Waals surface area contributed by atoms with Crippen molar-refractivity contribution in [3.8, 4) is 0 Å². The van der Waals surface area contributed by atoms with Crippen LogP contribution in [-0.2, 0) is 4.74 Å². The van der Waals surface area contributed by atoms with E-state index < -0.39 is 4.92 Å². The number of anilines is 1. The minimum Gasteiger partial charge on any atom is -0.380 e. The predicted molar refractivity (Wildman–Crippen MR) is 70.7 cm³/mol. The number of halogens is 1. The molecular weight excluding hydrogens is 272 g/mol. The van der Waals surface area contributed by atoms with Crippen molar-refractivity contribution in [3.63, 3.8) is 0 Å². The Morgan fingerprint density at radius 2 is 2.26 bits per heavy atom. The van der Waals surface area contributed by atoms with Crippen LogP contribution in [0.2, 0.25) is 5.28 Å². The van der Waals surface area contributed by atoms with Crippen LogP contribution in [-0.4, -0.2) is 41.2 Å². The number of aromatic nitrogens is 2. The lowest BCUT2D eigenvalue weighted by Crippen LogP contribution is -2.40. The highest BCUT2D eigenvalue weighted by Crippen LogP contribution is 2.31. The number of aryl methyl sites for hydroxylation is 1. The Morgan fingerprint density at radius 3 is 2.89 bits per heavy atom. The van der Waals surface area contributed by atoms with Crippen molar-refractivity contribution < 1.29 is 9.66 Å². The van der Waals surface area contributed by atoms with Crippen LogP contribution in [0.3, 0.4) is 0 Å². The van der Waals surface area contributed by atoms with Crippen LogP contribution < -0.4 is 4.90 Å². The molecule has 0 amide bonds. The summed E-state index contributed by atoms with van der Waals surface area (Å²) in [6.45, 7) is 2.84. The number of hydrogen-bond acceptors (Lipinski definition) is 6. The smallest absolute Gasteiger partial charge is 0.332 e. The lowest BCUT2D eigenvalue weighted by molar-refractivity contribution is -0.385. The first-order chi connectivity index (χ1) is 9.02. The summed E-state index contributed by atoms with van der Waals surface area (Å²) in [5.41, 5.74) is 0.195. The number of methoxy groups -OCH3 is 1. The molecule has 104 valence electrons. The maximum Gasteiger partial charge on any atom is 0.332 e. The maximum atomic E-state index is 11.2. The second kappa shape index (κ2) is 5.66. The second-order valence-corrected chi connectivity index (χ2v) is 4.79. The molecule has 7 nitrogen and oxygen atoms in total. The van der Waals surface area contributed by atoms with Crippen LogP contribution >= 0.6 is 11.6 Å². The highest BCUT2D eigenvalue weighted by Gasteiger charge is 2.29. The molecule has 0 radical (unpaired) electrons. The van der Waals surface area contributed by atoms with Crippen molar-refractivity contribution in [2.45, 2.75) is 25.9 Å². The van der Waals surface area contributed by atoms with Gasteiger partial charge in [-0.15, -0.1) is 0 Å². The van der Waals surface area contributed by atoms with Gasteiger partial charge in [0.15, 0.2) is 0 Å². The van der Waals surface area contributed by atoms with Gasteiger partial charge in [-0.25, -0.2) is 4.98 Å². The summed E-state index contributed by atoms with van der Waals surface area (Å²) in [6.07, 6.45) is 1.90. The lowest BCUT2D eigenvalue weighted by atomic mass is 10.1. The van der Waals surface area contributed by atoms with Gasteiger partial charge < -0.3 is 9.64 Å². The van der Waals surface area contributed by atoms with Gasteiger partial charge in [0, 0.05) is 20.2 Å². The third-order valence-electron chi connectivity index (χ3n) is 3.21. The molecule has 0 N–H and O–H groups in total. The maximum absolute atomic E-state index is 11.2. The summed E-state index contributed by atoms with van der Waals surface area (Å²) >= 11 is 5.81. The summed E-state index contributed by atoms with van der Waals surface area (Å²) in [6, 6.07) is 0. The monoisotopic (exact) mass is 286 g/mol. The minimum atomic E-state index is -0.461. The van der Waals surface area contributed by atoms with Crippen molar-refractivity contribution in [2.75, 3.05) is 25.1 Å². The molecule has 0 saturated carbocycles. The van der Waals surface area contributed by atoms with Gasteiger partial charge in [0.1, 0.15) is 5.69 Å². The number of nitro groups is 1. The molecule has 1 aromatic rings. The molecule has 8 heteroatoms. The van der Waals surface area contributed by atoms with Crippen LogP contribution in [0.1, 0.15) is 18.5 Å². The molecule has 1 unspecified atom stereocenters. The average Bonchev–Trinajstić information content (AvgIpc) is 2.37. The first-order valence-electron chi connectivity index (χ1n) is 5.99. The molecule has 1 aromatic heterocycles. The molecule has 19 heavy (non-hydrogen) atoms. The SMILES string of the molecule is COC1CCCN(c2nc(Cl)nc(C)c2[N+](=O)[O-])C1. The van der Waals surface area contributed by atoms with Crippen molar-refractivity contribution in [3.05, 3.63) is 21.1 Å². The highest BCUT2D eigenvalue weighted by molar-refractivity contribution is 6.28. The van der Waals surface area contributed by atoms with E-state index in [0.717, 1.165) is 12.8 Å². The van der Waals surface area contributed by atoms with Crippen LogP contribution in [0.5, 0.6) is 0 Å². The van der Waals surface area contributed by atoms with E-state index in [2.05, 4.69) is 9.97 Å². The van der Waals surface area contributed by atoms with Crippen LogP contribution in [0.15, 0.2) is 0 Å². The van der Waals surface area contributed by atoms with Gasteiger partial charge in [-0.3, -0.25) is 10.1 Å². The van der Waals surface area contributed by atoms with Crippen molar-refractivity contribution in [1.29, 1.82) is 0 Å². The molecule has 0 aromatic carbocycles. The first kappa shape index (κ1) is 14.0. The number of rotatable bonds is 3. The van der Waals surface area contributed by atoms with Gasteiger partial charge in [0.2, 0.25) is 11.1 Å². The van der Waals surface area contributed by atoms with Gasteiger partial charge in [0.05, 0.1) is 11.0 Å². The van der Waals surface area contributed by atoms with Gasteiger partial charge in [-0.05, 0) is 31.4 Å². The Morgan fingerprint density at radius 1 is 1.53 bits per heavy atom. The molecule has 1 saturated heterocycles. The zero-order valence-electron chi connectivity index (χ0n) is 10.8. The Hall–Kier alpha value is -1.47. The standard InChI is InChI=1S/C11H15ClN4O3/c1-7-9(16(17)18)10(14-11(12)13-7)15-5-3-4-8(6-15)19-2/h8H,3-6H2,1-2H3. The van der Waals surface area contributed by atoms with E-state index in [1.807, 2.05) is 4.90 Å². The lowest BCUT2D eigenvalue weighted by Gasteiger charge is -2.32. The zero-order chi connectivity index (χ0) is 14.0. The molecule has 1 aliphatic rings. The van der Waals surface area contributed by atoms with E-state index in [0.29, 0.717) is 13.1 Å². The van der Waals surface area contributed by atoms with E-state index in [1.165, 1.54) is 0 Å². The van der Waals surface area contributed by atoms with E-state index in [-0.39, 0.29) is 28.6 Å². The normalized spacial score (nSPS) is 19.5.